The molecule has 0 N–H and O–H groups in total. The first-order valence-electron chi connectivity index (χ1n) is 12.7. The molecule has 0 aromatic heterocycles. The molecule has 29 heavy (non-hydrogen) atoms. The minimum Gasteiger partial charge on any atom is -0.360 e. The Morgan fingerprint density at radius 2 is 0.966 bits per heavy atom. The fraction of sp³-hybridized carbons (Fsp3) is 1.00. The summed E-state index contributed by atoms with van der Waals surface area (Å²) >= 11 is 0. The van der Waals surface area contributed by atoms with E-state index < -0.39 is 0 Å². The van der Waals surface area contributed by atoms with Gasteiger partial charge in [-0.1, -0.05) is 90.0 Å². The van der Waals surface area contributed by atoms with E-state index >= 15 is 0 Å². The van der Waals surface area contributed by atoms with E-state index in [4.69, 9.17) is 9.47 Å². The third kappa shape index (κ3) is 21.1. The molecule has 2 radical (unpaired) electrons. The van der Waals surface area contributed by atoms with Gasteiger partial charge in [-0.15, -0.1) is 0 Å². The van der Waals surface area contributed by atoms with E-state index in [2.05, 4.69) is 21.0 Å². The standard InChI is InChI=1S/C25H54NO2Si/c1-6-7-8-9-10-11-12-13-16-19-22-26(2,3)23-20-17-14-15-18-21-24-29-25(27-4)28-5/h25H,6-24H2,1-5H3/q+1. The summed E-state index contributed by atoms with van der Waals surface area (Å²) in [6.07, 6.45) is 22.6. The molecule has 0 spiro atoms. The minimum atomic E-state index is 0.0190. The lowest BCUT2D eigenvalue weighted by Crippen LogP contribution is -2.41. The Kier molecular flexibility index (Phi) is 21.4. The predicted octanol–water partition coefficient (Wildman–Crippen LogP) is 7.02. The lowest BCUT2D eigenvalue weighted by atomic mass is 10.1. The number of nitrogens with zero attached hydrogens (tertiary/aromatic N) is 1. The normalized spacial score (nSPS) is 12.2. The van der Waals surface area contributed by atoms with E-state index in [1.165, 1.54) is 126 Å². The van der Waals surface area contributed by atoms with Crippen LogP contribution in [0.15, 0.2) is 0 Å². The number of methoxy groups -OCH3 is 2. The predicted molar refractivity (Wildman–Crippen MR) is 130 cm³/mol. The zero-order chi connectivity index (χ0) is 21.6. The van der Waals surface area contributed by atoms with Gasteiger partial charge in [0.25, 0.3) is 0 Å². The number of unbranched alkanes of at least 4 members (excludes halogenated alkanes) is 14. The average Bonchev–Trinajstić information content (AvgIpc) is 2.71. The minimum absolute atomic E-state index is 0.0190. The van der Waals surface area contributed by atoms with Crippen molar-refractivity contribution in [2.45, 2.75) is 122 Å². The first kappa shape index (κ1) is 29.1. The van der Waals surface area contributed by atoms with Crippen LogP contribution in [0.3, 0.4) is 0 Å². The quantitative estimate of drug-likeness (QED) is 0.0753. The SMILES string of the molecule is CCCCCCCCCCCC[N+](C)(C)CCCCCCCC[Si]C(OC)OC. The summed E-state index contributed by atoms with van der Waals surface area (Å²) in [5.74, 6) is 0.0190. The van der Waals surface area contributed by atoms with Crippen LogP contribution >= 0.6 is 0 Å². The molecule has 0 saturated carbocycles. The van der Waals surface area contributed by atoms with E-state index in [1.807, 2.05) is 0 Å². The Hall–Kier alpha value is 0.0969. The molecule has 0 heterocycles. The second-order valence-electron chi connectivity index (χ2n) is 9.44. The van der Waals surface area contributed by atoms with Gasteiger partial charge in [0.1, 0.15) is 15.4 Å². The number of rotatable bonds is 23. The molecule has 0 bridgehead atoms. The molecule has 174 valence electrons. The number of ether oxygens (including phenoxy) is 2. The molecule has 0 aliphatic rings. The van der Waals surface area contributed by atoms with Crippen LogP contribution in [-0.2, 0) is 9.47 Å². The van der Waals surface area contributed by atoms with Crippen molar-refractivity contribution >= 4 is 9.52 Å². The smallest absolute Gasteiger partial charge is 0.136 e. The van der Waals surface area contributed by atoms with Gasteiger partial charge in [-0.25, -0.2) is 0 Å². The molecule has 0 rings (SSSR count). The highest BCUT2D eigenvalue weighted by molar-refractivity contribution is 6.36. The Labute approximate surface area is 186 Å². The molecule has 0 aliphatic carbocycles. The zero-order valence-electron chi connectivity index (χ0n) is 20.8. The molecule has 0 amide bonds. The van der Waals surface area contributed by atoms with Crippen molar-refractivity contribution in [3.05, 3.63) is 0 Å². The van der Waals surface area contributed by atoms with Crippen LogP contribution in [0, 0.1) is 0 Å². The van der Waals surface area contributed by atoms with Crippen molar-refractivity contribution in [1.82, 2.24) is 0 Å². The fourth-order valence-electron chi connectivity index (χ4n) is 3.99. The van der Waals surface area contributed by atoms with Gasteiger partial charge in [0.05, 0.1) is 27.2 Å². The Morgan fingerprint density at radius 3 is 1.38 bits per heavy atom. The van der Waals surface area contributed by atoms with Gasteiger partial charge in [-0.3, -0.25) is 0 Å². The molecule has 0 aromatic carbocycles. The summed E-state index contributed by atoms with van der Waals surface area (Å²) in [5.41, 5.74) is 0. The Bertz CT molecular complexity index is 322. The van der Waals surface area contributed by atoms with Crippen LogP contribution < -0.4 is 0 Å². The molecular weight excluding hydrogens is 374 g/mol. The van der Waals surface area contributed by atoms with Crippen LogP contribution in [0.5, 0.6) is 0 Å². The van der Waals surface area contributed by atoms with Crippen molar-refractivity contribution in [3.8, 4) is 0 Å². The molecule has 3 nitrogen and oxygen atoms in total. The highest BCUT2D eigenvalue weighted by Crippen LogP contribution is 2.13. The fourth-order valence-corrected chi connectivity index (χ4v) is 5.02. The third-order valence-corrected chi connectivity index (χ3v) is 7.49. The van der Waals surface area contributed by atoms with Crippen LogP contribution in [0.2, 0.25) is 6.04 Å². The molecule has 0 unspecified atom stereocenters. The molecule has 0 fully saturated rings. The van der Waals surface area contributed by atoms with Crippen molar-refractivity contribution in [3.63, 3.8) is 0 Å². The number of quaternary nitrogens is 1. The third-order valence-electron chi connectivity index (χ3n) is 6.05. The number of hydrogen-bond acceptors (Lipinski definition) is 2. The molecule has 0 atom stereocenters. The van der Waals surface area contributed by atoms with Gasteiger partial charge in [-0.05, 0) is 25.7 Å². The van der Waals surface area contributed by atoms with Crippen LogP contribution in [-0.4, -0.2) is 61.3 Å². The van der Waals surface area contributed by atoms with E-state index in [1.54, 1.807) is 14.2 Å². The molecule has 4 heteroatoms. The lowest BCUT2D eigenvalue weighted by Gasteiger charge is -2.30. The van der Waals surface area contributed by atoms with Crippen LogP contribution in [0.1, 0.15) is 110 Å². The van der Waals surface area contributed by atoms with Gasteiger partial charge < -0.3 is 14.0 Å². The average molecular weight is 429 g/mol. The van der Waals surface area contributed by atoms with E-state index in [9.17, 15) is 0 Å². The second-order valence-corrected chi connectivity index (χ2v) is 10.8. The Morgan fingerprint density at radius 1 is 0.586 bits per heavy atom. The molecule has 0 aliphatic heterocycles. The van der Waals surface area contributed by atoms with Gasteiger partial charge in [0.15, 0.2) is 0 Å². The topological polar surface area (TPSA) is 18.5 Å². The van der Waals surface area contributed by atoms with Crippen molar-refractivity contribution in [2.75, 3.05) is 41.4 Å². The van der Waals surface area contributed by atoms with Gasteiger partial charge >= 0.3 is 0 Å². The van der Waals surface area contributed by atoms with Crippen molar-refractivity contribution in [2.24, 2.45) is 0 Å². The van der Waals surface area contributed by atoms with Crippen molar-refractivity contribution in [1.29, 1.82) is 0 Å². The highest BCUT2D eigenvalue weighted by atomic mass is 28.2. The van der Waals surface area contributed by atoms with E-state index in [0.29, 0.717) is 0 Å². The monoisotopic (exact) mass is 428 g/mol. The molecule has 0 saturated heterocycles. The molecule has 0 aromatic rings. The van der Waals surface area contributed by atoms with E-state index in [0.717, 1.165) is 9.52 Å². The second kappa shape index (κ2) is 21.3. The molecular formula is C25H54NO2Si+. The Balaban J connectivity index is 3.38. The maximum atomic E-state index is 5.25. The summed E-state index contributed by atoms with van der Waals surface area (Å²) in [6.45, 7) is 5.00. The maximum Gasteiger partial charge on any atom is 0.136 e. The largest absolute Gasteiger partial charge is 0.360 e. The van der Waals surface area contributed by atoms with E-state index in [-0.39, 0.29) is 5.91 Å². The van der Waals surface area contributed by atoms with Gasteiger partial charge in [0, 0.05) is 14.2 Å². The first-order valence-corrected chi connectivity index (χ1v) is 13.9. The number of hydrogen-bond donors (Lipinski definition) is 0. The first-order chi connectivity index (χ1) is 14.1. The van der Waals surface area contributed by atoms with Crippen LogP contribution in [0.25, 0.3) is 0 Å². The summed E-state index contributed by atoms with van der Waals surface area (Å²) < 4.78 is 11.7. The van der Waals surface area contributed by atoms with Gasteiger partial charge in [0.2, 0.25) is 0 Å². The highest BCUT2D eigenvalue weighted by Gasteiger charge is 2.13. The summed E-state index contributed by atoms with van der Waals surface area (Å²) in [4.78, 5) is 0. The summed E-state index contributed by atoms with van der Waals surface area (Å²) in [7, 11) is 9.10. The maximum absolute atomic E-state index is 5.25. The van der Waals surface area contributed by atoms with Crippen molar-refractivity contribution < 1.29 is 14.0 Å². The van der Waals surface area contributed by atoms with Crippen LogP contribution in [0.4, 0.5) is 0 Å². The summed E-state index contributed by atoms with van der Waals surface area (Å²) in [6, 6.07) is 1.25. The summed E-state index contributed by atoms with van der Waals surface area (Å²) in [5, 5.41) is 0. The van der Waals surface area contributed by atoms with Gasteiger partial charge in [-0.2, -0.15) is 0 Å². The zero-order valence-corrected chi connectivity index (χ0v) is 21.8. The lowest BCUT2D eigenvalue weighted by molar-refractivity contribution is -0.890.